The first-order valence-corrected chi connectivity index (χ1v) is 10.6. The van der Waals surface area contributed by atoms with E-state index < -0.39 is 10.0 Å². The van der Waals surface area contributed by atoms with Gasteiger partial charge in [0.1, 0.15) is 0 Å². The molecule has 1 aliphatic carbocycles. The first-order chi connectivity index (χ1) is 12.3. The highest BCUT2D eigenvalue weighted by Gasteiger charge is 2.38. The van der Waals surface area contributed by atoms with Crippen LogP contribution in [0.2, 0.25) is 0 Å². The molecule has 3 N–H and O–H groups in total. The maximum Gasteiger partial charge on any atom is 0.238 e. The molecule has 136 valence electrons. The van der Waals surface area contributed by atoms with Crippen molar-refractivity contribution in [2.45, 2.75) is 43.0 Å². The summed E-state index contributed by atoms with van der Waals surface area (Å²) in [5.74, 6) is 1.10. The molecule has 2 aliphatic rings. The molecule has 2 aromatic carbocycles. The van der Waals surface area contributed by atoms with Gasteiger partial charge in [0.25, 0.3) is 0 Å². The first-order valence-electron chi connectivity index (χ1n) is 9.04. The van der Waals surface area contributed by atoms with Crippen LogP contribution in [0.5, 0.6) is 0 Å². The predicted molar refractivity (Wildman–Crippen MR) is 105 cm³/mol. The summed E-state index contributed by atoms with van der Waals surface area (Å²) in [6, 6.07) is 14.2. The van der Waals surface area contributed by atoms with Gasteiger partial charge in [0, 0.05) is 11.6 Å². The van der Waals surface area contributed by atoms with Gasteiger partial charge in [-0.3, -0.25) is 0 Å². The number of nitrogens with one attached hydrogen (secondary N) is 1. The Balaban J connectivity index is 1.73. The van der Waals surface area contributed by atoms with Crippen LogP contribution in [0, 0.1) is 5.92 Å². The van der Waals surface area contributed by atoms with E-state index in [0.717, 1.165) is 17.7 Å². The smallest absolute Gasteiger partial charge is 0.238 e. The summed E-state index contributed by atoms with van der Waals surface area (Å²) < 4.78 is 23.4. The van der Waals surface area contributed by atoms with Crippen molar-refractivity contribution in [1.29, 1.82) is 0 Å². The Kier molecular flexibility index (Phi) is 4.16. The number of nitrogens with two attached hydrogens (primary N) is 1. The second kappa shape index (κ2) is 6.25. The van der Waals surface area contributed by atoms with Gasteiger partial charge in [0.05, 0.1) is 10.9 Å². The molecule has 0 aromatic heterocycles. The van der Waals surface area contributed by atoms with E-state index in [1.54, 1.807) is 12.1 Å². The summed E-state index contributed by atoms with van der Waals surface area (Å²) in [4.78, 5) is 0.178. The van der Waals surface area contributed by atoms with Gasteiger partial charge >= 0.3 is 0 Å². The van der Waals surface area contributed by atoms with Crippen molar-refractivity contribution in [2.75, 3.05) is 5.32 Å². The van der Waals surface area contributed by atoms with E-state index >= 15 is 0 Å². The quantitative estimate of drug-likeness (QED) is 0.794. The Morgan fingerprint density at radius 2 is 1.85 bits per heavy atom. The normalized spacial score (nSPS) is 24.2. The number of anilines is 1. The molecule has 0 saturated carbocycles. The molecule has 3 atom stereocenters. The first kappa shape index (κ1) is 17.3. The second-order valence-electron chi connectivity index (χ2n) is 7.59. The summed E-state index contributed by atoms with van der Waals surface area (Å²) in [6.45, 7) is 4.40. The molecule has 0 saturated heterocycles. The van der Waals surface area contributed by atoms with Crippen molar-refractivity contribution in [3.63, 3.8) is 0 Å². The van der Waals surface area contributed by atoms with Gasteiger partial charge in [-0.1, -0.05) is 50.3 Å². The average molecular weight is 369 g/mol. The van der Waals surface area contributed by atoms with Crippen LogP contribution >= 0.6 is 0 Å². The molecule has 5 heteroatoms. The van der Waals surface area contributed by atoms with Gasteiger partial charge in [-0.25, -0.2) is 13.6 Å². The summed E-state index contributed by atoms with van der Waals surface area (Å²) in [5.41, 5.74) is 4.62. The molecule has 0 spiro atoms. The van der Waals surface area contributed by atoms with Crippen LogP contribution in [0.4, 0.5) is 5.69 Å². The number of allylic oxidation sites excluding steroid dienone is 2. The monoisotopic (exact) mass is 368 g/mol. The standard InChI is InChI=1S/C21H24N2O2S/c1-13(2)14-6-8-15(9-7-14)21-18-5-3-4-17(18)19-12-16(26(22,24)25)10-11-20(19)23-21/h3-4,6-13,17-18,21,23H,5H2,1-2H3,(H2,22,24,25). The van der Waals surface area contributed by atoms with E-state index in [1.165, 1.54) is 11.1 Å². The molecule has 4 rings (SSSR count). The zero-order valence-corrected chi connectivity index (χ0v) is 15.8. The molecule has 0 bridgehead atoms. The molecule has 1 aliphatic heterocycles. The lowest BCUT2D eigenvalue weighted by atomic mass is 9.77. The van der Waals surface area contributed by atoms with E-state index in [0.29, 0.717) is 11.8 Å². The van der Waals surface area contributed by atoms with E-state index in [4.69, 9.17) is 5.14 Å². The molecule has 2 aromatic rings. The van der Waals surface area contributed by atoms with Crippen molar-refractivity contribution in [2.24, 2.45) is 11.1 Å². The minimum absolute atomic E-state index is 0.178. The number of sulfonamides is 1. The third-order valence-corrected chi connectivity index (χ3v) is 6.54. The summed E-state index contributed by atoms with van der Waals surface area (Å²) >= 11 is 0. The Morgan fingerprint density at radius 3 is 2.50 bits per heavy atom. The van der Waals surface area contributed by atoms with Crippen molar-refractivity contribution < 1.29 is 8.42 Å². The van der Waals surface area contributed by atoms with Gasteiger partial charge in [0.15, 0.2) is 0 Å². The Bertz CT molecular complexity index is 962. The van der Waals surface area contributed by atoms with E-state index in [2.05, 4.69) is 55.6 Å². The number of hydrogen-bond donors (Lipinski definition) is 2. The van der Waals surface area contributed by atoms with Crippen molar-refractivity contribution >= 4 is 15.7 Å². The van der Waals surface area contributed by atoms with Crippen LogP contribution in [-0.2, 0) is 10.0 Å². The van der Waals surface area contributed by atoms with Crippen molar-refractivity contribution in [3.05, 3.63) is 71.3 Å². The third kappa shape index (κ3) is 2.95. The maximum absolute atomic E-state index is 11.7. The second-order valence-corrected chi connectivity index (χ2v) is 9.15. The Morgan fingerprint density at radius 1 is 1.12 bits per heavy atom. The molecule has 1 heterocycles. The van der Waals surface area contributed by atoms with Crippen LogP contribution in [-0.4, -0.2) is 8.42 Å². The lowest BCUT2D eigenvalue weighted by Crippen LogP contribution is -2.29. The van der Waals surface area contributed by atoms with Gasteiger partial charge in [-0.2, -0.15) is 0 Å². The fraction of sp³-hybridized carbons (Fsp3) is 0.333. The van der Waals surface area contributed by atoms with Gasteiger partial charge in [0.2, 0.25) is 10.0 Å². The number of rotatable bonds is 3. The maximum atomic E-state index is 11.7. The Hall–Kier alpha value is -2.11. The lowest BCUT2D eigenvalue weighted by Gasteiger charge is -2.37. The highest BCUT2D eigenvalue weighted by Crippen LogP contribution is 2.50. The molecule has 0 radical (unpaired) electrons. The fourth-order valence-electron chi connectivity index (χ4n) is 4.17. The third-order valence-electron chi connectivity index (χ3n) is 5.63. The zero-order valence-electron chi connectivity index (χ0n) is 15.0. The number of fused-ring (bicyclic) bond motifs is 3. The van der Waals surface area contributed by atoms with Gasteiger partial charge in [-0.05, 0) is 53.1 Å². The van der Waals surface area contributed by atoms with E-state index in [1.807, 2.05) is 6.07 Å². The largest absolute Gasteiger partial charge is 0.378 e. The molecule has 4 nitrogen and oxygen atoms in total. The topological polar surface area (TPSA) is 72.2 Å². The SMILES string of the molecule is CC(C)c1ccc(C2Nc3ccc(S(N)(=O)=O)cc3C3C=CCC32)cc1. The molecule has 26 heavy (non-hydrogen) atoms. The molecule has 3 unspecified atom stereocenters. The van der Waals surface area contributed by atoms with Crippen LogP contribution in [0.15, 0.2) is 59.5 Å². The summed E-state index contributed by atoms with van der Waals surface area (Å²) in [6.07, 6.45) is 5.38. The predicted octanol–water partition coefficient (Wildman–Crippen LogP) is 4.28. The van der Waals surface area contributed by atoms with Crippen LogP contribution in [0.3, 0.4) is 0 Å². The van der Waals surface area contributed by atoms with Crippen molar-refractivity contribution in [3.8, 4) is 0 Å². The zero-order chi connectivity index (χ0) is 18.5. The number of benzene rings is 2. The summed E-state index contributed by atoms with van der Waals surface area (Å²) in [7, 11) is -3.70. The van der Waals surface area contributed by atoms with Crippen LogP contribution < -0.4 is 10.5 Å². The number of primary sulfonamides is 1. The lowest BCUT2D eigenvalue weighted by molar-refractivity contribution is 0.425. The minimum atomic E-state index is -3.70. The van der Waals surface area contributed by atoms with Gasteiger partial charge in [-0.15, -0.1) is 0 Å². The van der Waals surface area contributed by atoms with E-state index in [-0.39, 0.29) is 16.9 Å². The van der Waals surface area contributed by atoms with Gasteiger partial charge < -0.3 is 5.32 Å². The molecular weight excluding hydrogens is 344 g/mol. The van der Waals surface area contributed by atoms with Crippen LogP contribution in [0.25, 0.3) is 0 Å². The molecule has 0 fully saturated rings. The van der Waals surface area contributed by atoms with Crippen LogP contribution in [0.1, 0.15) is 54.8 Å². The molecular formula is C21H24N2O2S. The fourth-order valence-corrected chi connectivity index (χ4v) is 4.72. The Labute approximate surface area is 155 Å². The number of hydrogen-bond acceptors (Lipinski definition) is 3. The molecule has 0 amide bonds. The van der Waals surface area contributed by atoms with Crippen molar-refractivity contribution in [1.82, 2.24) is 0 Å². The minimum Gasteiger partial charge on any atom is -0.378 e. The highest BCUT2D eigenvalue weighted by molar-refractivity contribution is 7.89. The average Bonchev–Trinajstić information content (AvgIpc) is 3.10. The van der Waals surface area contributed by atoms with E-state index in [9.17, 15) is 8.42 Å². The highest BCUT2D eigenvalue weighted by atomic mass is 32.2. The summed E-state index contributed by atoms with van der Waals surface area (Å²) in [5, 5.41) is 8.95.